The van der Waals surface area contributed by atoms with Gasteiger partial charge in [0.2, 0.25) is 5.91 Å². The molecule has 3 heterocycles. The van der Waals surface area contributed by atoms with Crippen LogP contribution < -0.4 is 0 Å². The summed E-state index contributed by atoms with van der Waals surface area (Å²) in [4.78, 5) is 19.2. The Morgan fingerprint density at radius 1 is 1.00 bits per heavy atom. The Morgan fingerprint density at radius 2 is 1.70 bits per heavy atom. The second kappa shape index (κ2) is 9.89. The van der Waals surface area contributed by atoms with Crippen LogP contribution in [0, 0.1) is 0 Å². The number of pyridine rings is 1. The molecule has 0 bridgehead atoms. The van der Waals surface area contributed by atoms with E-state index in [1.54, 1.807) is 12.4 Å². The van der Waals surface area contributed by atoms with Crippen LogP contribution in [-0.4, -0.2) is 48.9 Å². The summed E-state index contributed by atoms with van der Waals surface area (Å²) in [6, 6.07) is 14.1. The first-order valence-corrected chi connectivity index (χ1v) is 11.4. The highest BCUT2D eigenvalue weighted by Gasteiger charge is 2.25. The van der Waals surface area contributed by atoms with Gasteiger partial charge < -0.3 is 4.90 Å². The minimum atomic E-state index is -0.202. The maximum atomic E-state index is 13.0. The minimum absolute atomic E-state index is 0.196. The summed E-state index contributed by atoms with van der Waals surface area (Å²) in [7, 11) is 0. The lowest BCUT2D eigenvalue weighted by molar-refractivity contribution is -0.130. The van der Waals surface area contributed by atoms with Gasteiger partial charge >= 0.3 is 0 Å². The van der Waals surface area contributed by atoms with Gasteiger partial charge in [0.15, 0.2) is 11.0 Å². The summed E-state index contributed by atoms with van der Waals surface area (Å²) in [5.74, 6) is 0.986. The predicted octanol–water partition coefficient (Wildman–Crippen LogP) is 4.27. The van der Waals surface area contributed by atoms with E-state index in [1.807, 2.05) is 42.2 Å². The van der Waals surface area contributed by atoms with Gasteiger partial charge in [0, 0.05) is 31.0 Å². The third kappa shape index (κ3) is 4.90. The van der Waals surface area contributed by atoms with Crippen molar-refractivity contribution in [3.8, 4) is 11.4 Å². The van der Waals surface area contributed by atoms with Crippen LogP contribution in [0.2, 0.25) is 0 Å². The lowest BCUT2D eigenvalue weighted by Crippen LogP contribution is -2.37. The molecule has 6 nitrogen and oxygen atoms in total. The summed E-state index contributed by atoms with van der Waals surface area (Å²) < 4.78 is 2.10. The molecule has 2 aromatic heterocycles. The molecule has 156 valence electrons. The van der Waals surface area contributed by atoms with Crippen LogP contribution in [0.25, 0.3) is 11.4 Å². The molecule has 0 spiro atoms. The van der Waals surface area contributed by atoms with Crippen LogP contribution in [0.3, 0.4) is 0 Å². The third-order valence-electron chi connectivity index (χ3n) is 5.39. The van der Waals surface area contributed by atoms with E-state index in [0.29, 0.717) is 6.54 Å². The molecule has 1 amide bonds. The third-order valence-corrected chi connectivity index (χ3v) is 6.45. The Kier molecular flexibility index (Phi) is 6.79. The molecule has 1 fully saturated rings. The molecule has 1 saturated heterocycles. The monoisotopic (exact) mass is 421 g/mol. The summed E-state index contributed by atoms with van der Waals surface area (Å²) in [6.45, 7) is 4.36. The summed E-state index contributed by atoms with van der Waals surface area (Å²) >= 11 is 1.50. The van der Waals surface area contributed by atoms with Gasteiger partial charge in [-0.25, -0.2) is 0 Å². The van der Waals surface area contributed by atoms with E-state index >= 15 is 0 Å². The number of nitrogens with zero attached hydrogens (tertiary/aromatic N) is 5. The Balaban J connectivity index is 1.59. The number of carbonyl (C=O) groups is 1. The zero-order chi connectivity index (χ0) is 20.8. The number of thioether (sulfide) groups is 1. The largest absolute Gasteiger partial charge is 0.342 e. The number of hydrogen-bond donors (Lipinski definition) is 0. The van der Waals surface area contributed by atoms with E-state index in [9.17, 15) is 4.79 Å². The Labute approximate surface area is 181 Å². The van der Waals surface area contributed by atoms with Crippen molar-refractivity contribution < 1.29 is 4.79 Å². The molecule has 30 heavy (non-hydrogen) atoms. The number of amides is 1. The zero-order valence-electron chi connectivity index (χ0n) is 17.3. The Hall–Kier alpha value is -2.67. The number of benzene rings is 1. The maximum Gasteiger partial charge on any atom is 0.235 e. The van der Waals surface area contributed by atoms with E-state index < -0.39 is 0 Å². The van der Waals surface area contributed by atoms with Gasteiger partial charge in [-0.3, -0.25) is 14.3 Å². The second-order valence-electron chi connectivity index (χ2n) is 7.61. The van der Waals surface area contributed by atoms with Crippen LogP contribution >= 0.6 is 11.8 Å². The molecule has 3 aromatic rings. The van der Waals surface area contributed by atoms with Crippen molar-refractivity contribution in [3.63, 3.8) is 0 Å². The fourth-order valence-corrected chi connectivity index (χ4v) is 4.69. The molecular formula is C23H27N5OS. The molecule has 0 unspecified atom stereocenters. The Bertz CT molecular complexity index is 952. The maximum absolute atomic E-state index is 13.0. The first-order valence-electron chi connectivity index (χ1n) is 10.6. The molecular weight excluding hydrogens is 394 g/mol. The Morgan fingerprint density at radius 3 is 2.40 bits per heavy atom. The van der Waals surface area contributed by atoms with Gasteiger partial charge in [-0.05, 0) is 37.5 Å². The van der Waals surface area contributed by atoms with Crippen molar-refractivity contribution in [2.24, 2.45) is 0 Å². The van der Waals surface area contributed by atoms with Gasteiger partial charge in [0.05, 0.1) is 11.8 Å². The average Bonchev–Trinajstić information content (AvgIpc) is 2.99. The summed E-state index contributed by atoms with van der Waals surface area (Å²) in [5.41, 5.74) is 2.13. The fourth-order valence-electron chi connectivity index (χ4n) is 3.76. The fraction of sp³-hybridized carbons (Fsp3) is 0.391. The number of likely N-dealkylation sites (tertiary alicyclic amines) is 1. The van der Waals surface area contributed by atoms with Crippen molar-refractivity contribution in [2.75, 3.05) is 13.1 Å². The summed E-state index contributed by atoms with van der Waals surface area (Å²) in [6.07, 6.45) is 8.14. The molecule has 1 aromatic carbocycles. The average molecular weight is 422 g/mol. The molecule has 1 aliphatic heterocycles. The molecule has 4 rings (SSSR count). The molecule has 0 N–H and O–H groups in total. The molecule has 0 aliphatic carbocycles. The molecule has 0 radical (unpaired) electrons. The second-order valence-corrected chi connectivity index (χ2v) is 8.92. The topological polar surface area (TPSA) is 63.9 Å². The SMILES string of the molecule is C[C@@H](Sc1nnc(-c2ccncc2)n1Cc1ccccc1)C(=O)N1CCCCCC1. The molecule has 1 atom stereocenters. The molecule has 1 aliphatic rings. The first kappa shape index (κ1) is 20.6. The van der Waals surface area contributed by atoms with E-state index in [1.165, 1.54) is 30.2 Å². The lowest BCUT2D eigenvalue weighted by atomic mass is 10.2. The predicted molar refractivity (Wildman–Crippen MR) is 119 cm³/mol. The van der Waals surface area contributed by atoms with Crippen molar-refractivity contribution in [2.45, 2.75) is 49.6 Å². The van der Waals surface area contributed by atoms with Crippen molar-refractivity contribution in [1.29, 1.82) is 0 Å². The van der Waals surface area contributed by atoms with Gasteiger partial charge in [-0.1, -0.05) is 54.9 Å². The van der Waals surface area contributed by atoms with E-state index in [-0.39, 0.29) is 11.2 Å². The minimum Gasteiger partial charge on any atom is -0.342 e. The standard InChI is InChI=1S/C23H27N5OS/c1-18(22(29)27-15-7-2-3-8-16-27)30-23-26-25-21(20-11-13-24-14-12-20)28(23)17-19-9-5-4-6-10-19/h4-6,9-14,18H,2-3,7-8,15-17H2,1H3/t18-/m1/s1. The number of rotatable bonds is 6. The molecule has 7 heteroatoms. The number of hydrogen-bond acceptors (Lipinski definition) is 5. The van der Waals surface area contributed by atoms with Crippen LogP contribution in [-0.2, 0) is 11.3 Å². The highest BCUT2D eigenvalue weighted by atomic mass is 32.2. The van der Waals surface area contributed by atoms with Crippen LogP contribution in [0.1, 0.15) is 38.2 Å². The highest BCUT2D eigenvalue weighted by molar-refractivity contribution is 8.00. The lowest BCUT2D eigenvalue weighted by Gasteiger charge is -2.23. The first-order chi connectivity index (χ1) is 14.7. The van der Waals surface area contributed by atoms with Crippen molar-refractivity contribution in [3.05, 3.63) is 60.4 Å². The smallest absolute Gasteiger partial charge is 0.235 e. The van der Waals surface area contributed by atoms with Crippen molar-refractivity contribution >= 4 is 17.7 Å². The van der Waals surface area contributed by atoms with E-state index in [0.717, 1.165) is 42.5 Å². The van der Waals surface area contributed by atoms with Crippen LogP contribution in [0.5, 0.6) is 0 Å². The number of aromatic nitrogens is 4. The van der Waals surface area contributed by atoms with Crippen LogP contribution in [0.4, 0.5) is 0 Å². The zero-order valence-corrected chi connectivity index (χ0v) is 18.1. The van der Waals surface area contributed by atoms with Crippen molar-refractivity contribution in [1.82, 2.24) is 24.6 Å². The van der Waals surface area contributed by atoms with Crippen LogP contribution in [0.15, 0.2) is 60.0 Å². The van der Waals surface area contributed by atoms with E-state index in [4.69, 9.17) is 0 Å². The number of carbonyl (C=O) groups excluding carboxylic acids is 1. The van der Waals surface area contributed by atoms with Gasteiger partial charge in [-0.2, -0.15) is 0 Å². The summed E-state index contributed by atoms with van der Waals surface area (Å²) in [5, 5.41) is 9.48. The molecule has 0 saturated carbocycles. The van der Waals surface area contributed by atoms with Gasteiger partial charge in [0.1, 0.15) is 0 Å². The van der Waals surface area contributed by atoms with Gasteiger partial charge in [0.25, 0.3) is 0 Å². The normalized spacial score (nSPS) is 15.6. The van der Waals surface area contributed by atoms with E-state index in [2.05, 4.69) is 31.9 Å². The highest BCUT2D eigenvalue weighted by Crippen LogP contribution is 2.29. The quantitative estimate of drug-likeness (QED) is 0.556. The van der Waals surface area contributed by atoms with Gasteiger partial charge in [-0.15, -0.1) is 10.2 Å².